The van der Waals surface area contributed by atoms with E-state index in [1.165, 1.54) is 14.2 Å². The average Bonchev–Trinajstić information content (AvgIpc) is 3.38. The van der Waals surface area contributed by atoms with Gasteiger partial charge in [0.1, 0.15) is 17.8 Å². The molecular formula is C14H19F3O6. The first kappa shape index (κ1) is 17.1. The number of hydrogen-bond acceptors (Lipinski definition) is 6. The van der Waals surface area contributed by atoms with E-state index >= 15 is 0 Å². The van der Waals surface area contributed by atoms with Crippen LogP contribution >= 0.6 is 0 Å². The van der Waals surface area contributed by atoms with Gasteiger partial charge in [-0.05, 0) is 6.42 Å². The number of methoxy groups -OCH3 is 2. The van der Waals surface area contributed by atoms with Gasteiger partial charge in [-0.1, -0.05) is 0 Å². The molecule has 9 heteroatoms. The molecule has 3 rings (SSSR count). The average molecular weight is 340 g/mol. The summed E-state index contributed by atoms with van der Waals surface area (Å²) in [4.78, 5) is 12.4. The first-order valence-corrected chi connectivity index (χ1v) is 7.41. The molecule has 0 aromatic rings. The lowest BCUT2D eigenvalue weighted by Gasteiger charge is -2.37. The number of epoxide rings is 2. The SMILES string of the molecule is CO[C@@H]1C(=O)[C@H](OC)C[C@]2(CO2)C1[C@H]1O[C@@H]1CCOC(F)(F)F. The lowest BCUT2D eigenvalue weighted by Crippen LogP contribution is -2.55. The zero-order valence-corrected chi connectivity index (χ0v) is 12.8. The van der Waals surface area contributed by atoms with Gasteiger partial charge in [0.25, 0.3) is 0 Å². The maximum absolute atomic E-state index is 12.4. The Morgan fingerprint density at radius 3 is 2.52 bits per heavy atom. The molecular weight excluding hydrogens is 321 g/mol. The Labute approximate surface area is 131 Å². The zero-order valence-electron chi connectivity index (χ0n) is 12.8. The first-order valence-electron chi connectivity index (χ1n) is 7.41. The van der Waals surface area contributed by atoms with Gasteiger partial charge in [0.05, 0.1) is 31.3 Å². The molecule has 3 fully saturated rings. The van der Waals surface area contributed by atoms with E-state index in [1.807, 2.05) is 0 Å². The molecule has 1 unspecified atom stereocenters. The lowest BCUT2D eigenvalue weighted by atomic mass is 9.72. The number of carbonyl (C=O) groups excluding carboxylic acids is 1. The molecule has 0 aromatic carbocycles. The third-order valence-corrected chi connectivity index (χ3v) is 4.76. The maximum atomic E-state index is 12.4. The van der Waals surface area contributed by atoms with Crippen molar-refractivity contribution in [2.75, 3.05) is 27.4 Å². The van der Waals surface area contributed by atoms with Crippen LogP contribution in [0.2, 0.25) is 0 Å². The van der Waals surface area contributed by atoms with Crippen LogP contribution < -0.4 is 0 Å². The van der Waals surface area contributed by atoms with E-state index < -0.39 is 30.8 Å². The predicted molar refractivity (Wildman–Crippen MR) is 68.7 cm³/mol. The molecule has 0 amide bonds. The maximum Gasteiger partial charge on any atom is 0.522 e. The second-order valence-corrected chi connectivity index (χ2v) is 6.09. The molecule has 6 nitrogen and oxygen atoms in total. The van der Waals surface area contributed by atoms with Crippen LogP contribution in [0.5, 0.6) is 0 Å². The van der Waals surface area contributed by atoms with Crippen molar-refractivity contribution in [3.63, 3.8) is 0 Å². The summed E-state index contributed by atoms with van der Waals surface area (Å²) in [7, 11) is 2.88. The second-order valence-electron chi connectivity index (χ2n) is 6.09. The Kier molecular flexibility index (Phi) is 4.43. The number of hydrogen-bond donors (Lipinski definition) is 0. The van der Waals surface area contributed by atoms with E-state index in [4.69, 9.17) is 18.9 Å². The standard InChI is InChI=1S/C14H19F3O6/c1-19-8-5-13(6-22-13)9(12(20-2)10(8)18)11-7(23-11)3-4-21-14(15,16)17/h7-9,11-12H,3-6H2,1-2H3/t7-,8-,9?,11+,12+,13+/m1/s1. The van der Waals surface area contributed by atoms with Crippen LogP contribution in [0, 0.1) is 5.92 Å². The van der Waals surface area contributed by atoms with E-state index in [1.54, 1.807) is 0 Å². The summed E-state index contributed by atoms with van der Waals surface area (Å²) in [6, 6.07) is 0. The Morgan fingerprint density at radius 1 is 1.30 bits per heavy atom. The molecule has 2 aliphatic heterocycles. The van der Waals surface area contributed by atoms with Gasteiger partial charge in [-0.2, -0.15) is 0 Å². The fraction of sp³-hybridized carbons (Fsp3) is 0.929. The van der Waals surface area contributed by atoms with Crippen molar-refractivity contribution in [2.24, 2.45) is 5.92 Å². The molecule has 0 aromatic heterocycles. The van der Waals surface area contributed by atoms with Crippen molar-refractivity contribution < 1.29 is 41.7 Å². The normalized spacial score (nSPS) is 43.0. The molecule has 132 valence electrons. The van der Waals surface area contributed by atoms with Crippen molar-refractivity contribution in [1.82, 2.24) is 0 Å². The number of Topliss-reactive ketones (excluding diaryl/α,β-unsaturated/α-hetero) is 1. The third-order valence-electron chi connectivity index (χ3n) is 4.76. The molecule has 0 N–H and O–H groups in total. The Bertz CT molecular complexity index is 464. The minimum absolute atomic E-state index is 0.106. The molecule has 0 bridgehead atoms. The van der Waals surface area contributed by atoms with Gasteiger partial charge in [-0.25, -0.2) is 0 Å². The number of alkyl halides is 3. The van der Waals surface area contributed by atoms with Crippen molar-refractivity contribution in [2.45, 2.75) is 49.2 Å². The zero-order chi connectivity index (χ0) is 16.8. The highest BCUT2D eigenvalue weighted by molar-refractivity contribution is 5.89. The van der Waals surface area contributed by atoms with Crippen LogP contribution in [0.4, 0.5) is 13.2 Å². The van der Waals surface area contributed by atoms with Gasteiger partial charge >= 0.3 is 6.36 Å². The molecule has 2 heterocycles. The number of ketones is 1. The largest absolute Gasteiger partial charge is 0.522 e. The Balaban J connectivity index is 1.62. The minimum Gasteiger partial charge on any atom is -0.373 e. The summed E-state index contributed by atoms with van der Waals surface area (Å²) in [5.41, 5.74) is -0.542. The summed E-state index contributed by atoms with van der Waals surface area (Å²) in [6.07, 6.45) is -6.20. The fourth-order valence-electron chi connectivity index (χ4n) is 3.52. The van der Waals surface area contributed by atoms with E-state index in [0.717, 1.165) is 0 Å². The Morgan fingerprint density at radius 2 is 2.00 bits per heavy atom. The third kappa shape index (κ3) is 3.39. The Hall–Kier alpha value is -0.740. The number of halogens is 3. The smallest absolute Gasteiger partial charge is 0.373 e. The van der Waals surface area contributed by atoms with Crippen LogP contribution in [-0.4, -0.2) is 69.6 Å². The highest BCUT2D eigenvalue weighted by Gasteiger charge is 2.68. The molecule has 2 saturated heterocycles. The summed E-state index contributed by atoms with van der Waals surface area (Å²) in [6.45, 7) is -0.00612. The topological polar surface area (TPSA) is 69.8 Å². The number of carbonyl (C=O) groups is 1. The van der Waals surface area contributed by atoms with E-state index in [9.17, 15) is 18.0 Å². The highest BCUT2D eigenvalue weighted by Crippen LogP contribution is 2.53. The van der Waals surface area contributed by atoms with Crippen LogP contribution in [0.1, 0.15) is 12.8 Å². The van der Waals surface area contributed by atoms with Crippen molar-refractivity contribution in [3.05, 3.63) is 0 Å². The van der Waals surface area contributed by atoms with E-state index in [2.05, 4.69) is 4.74 Å². The van der Waals surface area contributed by atoms with Gasteiger partial charge in [-0.15, -0.1) is 13.2 Å². The predicted octanol–water partition coefficient (Wildman–Crippen LogP) is 1.07. The molecule has 1 spiro atoms. The van der Waals surface area contributed by atoms with Gasteiger partial charge in [0.2, 0.25) is 0 Å². The second kappa shape index (κ2) is 5.96. The van der Waals surface area contributed by atoms with Crippen LogP contribution in [0.15, 0.2) is 0 Å². The number of rotatable bonds is 6. The lowest BCUT2D eigenvalue weighted by molar-refractivity contribution is -0.324. The van der Waals surface area contributed by atoms with Gasteiger partial charge in [-0.3, -0.25) is 9.53 Å². The van der Waals surface area contributed by atoms with Gasteiger partial charge in [0, 0.05) is 20.6 Å². The summed E-state index contributed by atoms with van der Waals surface area (Å²) in [5, 5.41) is 0. The minimum atomic E-state index is -4.65. The van der Waals surface area contributed by atoms with Crippen molar-refractivity contribution >= 4 is 5.78 Å². The van der Waals surface area contributed by atoms with Crippen molar-refractivity contribution in [3.8, 4) is 0 Å². The van der Waals surface area contributed by atoms with E-state index in [0.29, 0.717) is 13.0 Å². The molecule has 0 radical (unpaired) electrons. The summed E-state index contributed by atoms with van der Waals surface area (Å²) in [5.74, 6) is -0.510. The van der Waals surface area contributed by atoms with Crippen LogP contribution in [0.25, 0.3) is 0 Å². The quantitative estimate of drug-likeness (QED) is 0.674. The summed E-state index contributed by atoms with van der Waals surface area (Å²) >= 11 is 0. The molecule has 6 atom stereocenters. The molecule has 1 saturated carbocycles. The first-order chi connectivity index (χ1) is 10.8. The van der Waals surface area contributed by atoms with Gasteiger partial charge < -0.3 is 18.9 Å². The van der Waals surface area contributed by atoms with Crippen LogP contribution in [0.3, 0.4) is 0 Å². The van der Waals surface area contributed by atoms with E-state index in [-0.39, 0.29) is 30.3 Å². The van der Waals surface area contributed by atoms with Crippen molar-refractivity contribution in [1.29, 1.82) is 0 Å². The molecule has 3 aliphatic rings. The fourth-order valence-corrected chi connectivity index (χ4v) is 3.52. The van der Waals surface area contributed by atoms with Gasteiger partial charge in [0.15, 0.2) is 5.78 Å². The number of ether oxygens (including phenoxy) is 5. The molecule has 23 heavy (non-hydrogen) atoms. The van der Waals surface area contributed by atoms with Crippen LogP contribution in [-0.2, 0) is 28.5 Å². The highest BCUT2D eigenvalue weighted by atomic mass is 19.4. The molecule has 1 aliphatic carbocycles. The monoisotopic (exact) mass is 340 g/mol. The summed E-state index contributed by atoms with van der Waals surface area (Å²) < 4.78 is 61.3.